The number of rotatable bonds is 4. The number of ether oxygens (including phenoxy) is 1. The van der Waals surface area contributed by atoms with Gasteiger partial charge in [-0.25, -0.2) is 18.4 Å². The molecule has 20 heavy (non-hydrogen) atoms. The van der Waals surface area contributed by atoms with Gasteiger partial charge in [-0.05, 0) is 56.2 Å². The summed E-state index contributed by atoms with van der Waals surface area (Å²) in [5.74, 6) is -0.0143. The zero-order valence-electron chi connectivity index (χ0n) is 11.9. The summed E-state index contributed by atoms with van der Waals surface area (Å²) in [7, 11) is -3.86. The molecule has 0 unspecified atom stereocenters. The number of nitrogens with two attached hydrogens (primary N) is 1. The Bertz CT molecular complexity index is 660. The molecule has 0 amide bonds. The van der Waals surface area contributed by atoms with E-state index in [4.69, 9.17) is 9.88 Å². The minimum atomic E-state index is -3.86. The van der Waals surface area contributed by atoms with Crippen molar-refractivity contribution in [1.29, 1.82) is 0 Å². The lowest BCUT2D eigenvalue weighted by atomic mass is 10.00. The number of esters is 1. The second-order valence-electron chi connectivity index (χ2n) is 5.43. The van der Waals surface area contributed by atoms with E-state index >= 15 is 0 Å². The molecule has 1 aromatic carbocycles. The molecule has 0 bridgehead atoms. The lowest BCUT2D eigenvalue weighted by Crippen LogP contribution is -2.19. The molecular formula is C14H19NO4S. The summed E-state index contributed by atoms with van der Waals surface area (Å²) in [5.41, 5.74) is 1.92. The third kappa shape index (κ3) is 3.02. The monoisotopic (exact) mass is 297 g/mol. The van der Waals surface area contributed by atoms with E-state index in [1.54, 1.807) is 26.8 Å². The minimum Gasteiger partial charge on any atom is -0.462 e. The summed E-state index contributed by atoms with van der Waals surface area (Å²) in [4.78, 5) is 12.2. The molecule has 110 valence electrons. The highest BCUT2D eigenvalue weighted by molar-refractivity contribution is 7.89. The smallest absolute Gasteiger partial charge is 0.338 e. The van der Waals surface area contributed by atoms with Crippen LogP contribution < -0.4 is 5.14 Å². The van der Waals surface area contributed by atoms with Crippen LogP contribution in [-0.2, 0) is 14.8 Å². The predicted molar refractivity (Wildman–Crippen MR) is 75.0 cm³/mol. The number of carbonyl (C=O) groups excluding carboxylic acids is 1. The largest absolute Gasteiger partial charge is 0.462 e. The Morgan fingerprint density at radius 2 is 1.90 bits per heavy atom. The van der Waals surface area contributed by atoms with Gasteiger partial charge in [0.05, 0.1) is 17.1 Å². The molecule has 0 saturated heterocycles. The van der Waals surface area contributed by atoms with Crippen molar-refractivity contribution >= 4 is 16.0 Å². The van der Waals surface area contributed by atoms with Gasteiger partial charge < -0.3 is 4.74 Å². The molecule has 2 N–H and O–H groups in total. The molecule has 0 atom stereocenters. The van der Waals surface area contributed by atoms with E-state index < -0.39 is 16.0 Å². The van der Waals surface area contributed by atoms with Gasteiger partial charge in [-0.1, -0.05) is 6.07 Å². The highest BCUT2D eigenvalue weighted by atomic mass is 32.2. The number of sulfonamides is 1. The first-order valence-electron chi connectivity index (χ1n) is 6.52. The number of primary sulfonamides is 1. The van der Waals surface area contributed by atoms with Gasteiger partial charge in [-0.15, -0.1) is 0 Å². The molecule has 2 rings (SSSR count). The summed E-state index contributed by atoms with van der Waals surface area (Å²) in [6, 6.07) is 1.65. The molecule has 1 aliphatic carbocycles. The third-order valence-corrected chi connectivity index (χ3v) is 4.73. The van der Waals surface area contributed by atoms with Gasteiger partial charge in [-0.3, -0.25) is 0 Å². The number of aryl methyl sites for hydroxylation is 2. The van der Waals surface area contributed by atoms with Gasteiger partial charge in [0.15, 0.2) is 0 Å². The molecule has 0 aliphatic heterocycles. The molecule has 6 heteroatoms. The Labute approximate surface area is 119 Å². The Morgan fingerprint density at radius 1 is 1.30 bits per heavy atom. The van der Waals surface area contributed by atoms with Crippen LogP contribution in [0.5, 0.6) is 0 Å². The highest BCUT2D eigenvalue weighted by Crippen LogP contribution is 2.30. The zero-order chi connectivity index (χ0) is 15.1. The van der Waals surface area contributed by atoms with Crippen LogP contribution in [0.2, 0.25) is 0 Å². The van der Waals surface area contributed by atoms with Crippen molar-refractivity contribution in [2.24, 2.45) is 11.1 Å². The quantitative estimate of drug-likeness (QED) is 0.859. The Morgan fingerprint density at radius 3 is 2.40 bits per heavy atom. The number of hydrogen-bond acceptors (Lipinski definition) is 4. The molecule has 5 nitrogen and oxygen atoms in total. The Balaban J connectivity index is 2.43. The molecule has 0 spiro atoms. The fourth-order valence-corrected chi connectivity index (χ4v) is 3.51. The van der Waals surface area contributed by atoms with Crippen molar-refractivity contribution in [1.82, 2.24) is 0 Å². The van der Waals surface area contributed by atoms with Gasteiger partial charge in [-0.2, -0.15) is 0 Å². The molecule has 0 aromatic heterocycles. The lowest BCUT2D eigenvalue weighted by Gasteiger charge is -2.15. The molecule has 1 aromatic rings. The maximum atomic E-state index is 12.2. The first kappa shape index (κ1) is 15.0. The van der Waals surface area contributed by atoms with Gasteiger partial charge >= 0.3 is 5.97 Å². The van der Waals surface area contributed by atoms with Crippen LogP contribution in [-0.4, -0.2) is 21.0 Å². The van der Waals surface area contributed by atoms with Gasteiger partial charge in [0.25, 0.3) is 0 Å². The Hall–Kier alpha value is -1.40. The molecule has 0 radical (unpaired) electrons. The summed E-state index contributed by atoms with van der Waals surface area (Å²) in [5, 5.41) is 5.23. The second kappa shape index (κ2) is 5.18. The van der Waals surface area contributed by atoms with E-state index in [1.807, 2.05) is 0 Å². The van der Waals surface area contributed by atoms with E-state index in [1.165, 1.54) is 0 Å². The first-order chi connectivity index (χ1) is 9.21. The van der Waals surface area contributed by atoms with Crippen molar-refractivity contribution in [3.05, 3.63) is 28.3 Å². The molecular weight excluding hydrogens is 278 g/mol. The van der Waals surface area contributed by atoms with E-state index in [2.05, 4.69) is 0 Å². The highest BCUT2D eigenvalue weighted by Gasteiger charge is 2.26. The summed E-state index contributed by atoms with van der Waals surface area (Å²) in [6.45, 7) is 5.42. The predicted octanol–water partition coefficient (Wildman–Crippen LogP) is 1.83. The summed E-state index contributed by atoms with van der Waals surface area (Å²) in [6.07, 6.45) is 2.17. The average molecular weight is 297 g/mol. The normalized spacial score (nSPS) is 15.2. The standard InChI is InChI=1S/C14H19NO4S/c1-8-6-9(2)13(20(15,17)18)10(3)12(8)14(16)19-7-11-4-5-11/h6,11H,4-5,7H2,1-3H3,(H2,15,17,18). The van der Waals surface area contributed by atoms with E-state index in [0.29, 0.717) is 34.8 Å². The van der Waals surface area contributed by atoms with Crippen molar-refractivity contribution in [3.8, 4) is 0 Å². The zero-order valence-corrected chi connectivity index (χ0v) is 12.7. The van der Waals surface area contributed by atoms with Crippen LogP contribution in [0.4, 0.5) is 0 Å². The van der Waals surface area contributed by atoms with Crippen molar-refractivity contribution in [2.45, 2.75) is 38.5 Å². The third-order valence-electron chi connectivity index (χ3n) is 3.54. The minimum absolute atomic E-state index is 0.0153. The van der Waals surface area contributed by atoms with Crippen LogP contribution in [0.15, 0.2) is 11.0 Å². The van der Waals surface area contributed by atoms with Crippen LogP contribution >= 0.6 is 0 Å². The summed E-state index contributed by atoms with van der Waals surface area (Å²) < 4.78 is 28.6. The molecule has 0 heterocycles. The van der Waals surface area contributed by atoms with E-state index in [-0.39, 0.29) is 4.90 Å². The first-order valence-corrected chi connectivity index (χ1v) is 8.07. The number of hydrogen-bond donors (Lipinski definition) is 1. The van der Waals surface area contributed by atoms with Crippen LogP contribution in [0, 0.1) is 26.7 Å². The fraction of sp³-hybridized carbons (Fsp3) is 0.500. The molecule has 1 aliphatic rings. The molecule has 1 saturated carbocycles. The van der Waals surface area contributed by atoms with Crippen molar-refractivity contribution in [2.75, 3.05) is 6.61 Å². The van der Waals surface area contributed by atoms with Crippen LogP contribution in [0.1, 0.15) is 39.9 Å². The van der Waals surface area contributed by atoms with E-state index in [9.17, 15) is 13.2 Å². The van der Waals surface area contributed by atoms with Crippen molar-refractivity contribution < 1.29 is 17.9 Å². The van der Waals surface area contributed by atoms with E-state index in [0.717, 1.165) is 12.8 Å². The van der Waals surface area contributed by atoms with Crippen LogP contribution in [0.25, 0.3) is 0 Å². The summed E-state index contributed by atoms with van der Waals surface area (Å²) >= 11 is 0. The lowest BCUT2D eigenvalue weighted by molar-refractivity contribution is 0.0484. The maximum absolute atomic E-state index is 12.2. The second-order valence-corrected chi connectivity index (χ2v) is 6.92. The maximum Gasteiger partial charge on any atom is 0.338 e. The topological polar surface area (TPSA) is 86.5 Å². The average Bonchev–Trinajstić information content (AvgIpc) is 3.06. The molecule has 1 fully saturated rings. The fourth-order valence-electron chi connectivity index (χ4n) is 2.47. The number of carbonyl (C=O) groups is 1. The van der Waals surface area contributed by atoms with Gasteiger partial charge in [0, 0.05) is 0 Å². The Kier molecular flexibility index (Phi) is 3.88. The van der Waals surface area contributed by atoms with Crippen LogP contribution in [0.3, 0.4) is 0 Å². The number of benzene rings is 1. The van der Waals surface area contributed by atoms with Gasteiger partial charge in [0.2, 0.25) is 10.0 Å². The SMILES string of the molecule is Cc1cc(C)c(S(N)(=O)=O)c(C)c1C(=O)OCC1CC1. The van der Waals surface area contributed by atoms with Gasteiger partial charge in [0.1, 0.15) is 0 Å². The van der Waals surface area contributed by atoms with Crippen molar-refractivity contribution in [3.63, 3.8) is 0 Å².